The van der Waals surface area contributed by atoms with Crippen molar-refractivity contribution in [2.45, 2.75) is 26.2 Å². The minimum absolute atomic E-state index is 0.563. The maximum absolute atomic E-state index is 6.52. The second-order valence-electron chi connectivity index (χ2n) is 10.3. The Morgan fingerprint density at radius 3 is 1.55 bits per heavy atom. The summed E-state index contributed by atoms with van der Waals surface area (Å²) >= 11 is 7.66. The Morgan fingerprint density at radius 2 is 1.05 bits per heavy atom. The molecule has 2 heterocycles. The van der Waals surface area contributed by atoms with Crippen LogP contribution >= 0.6 is 31.9 Å². The molecule has 1 spiro atoms. The Hall–Kier alpha value is -3.34. The van der Waals surface area contributed by atoms with Gasteiger partial charge >= 0.3 is 0 Å². The van der Waals surface area contributed by atoms with E-state index in [4.69, 9.17) is 4.74 Å². The fourth-order valence-corrected chi connectivity index (χ4v) is 7.35. The molecule has 0 saturated heterocycles. The summed E-state index contributed by atoms with van der Waals surface area (Å²) in [6.07, 6.45) is 0. The van der Waals surface area contributed by atoms with Crippen molar-refractivity contribution >= 4 is 48.9 Å². The summed E-state index contributed by atoms with van der Waals surface area (Å²) in [6.45, 7) is 6.60. The monoisotopic (exact) mass is 621 g/mol. The average molecular weight is 623 g/mol. The molecule has 5 aromatic rings. The molecule has 4 heteroatoms. The van der Waals surface area contributed by atoms with Crippen LogP contribution in [0.2, 0.25) is 0 Å². The minimum atomic E-state index is -0.563. The van der Waals surface area contributed by atoms with Gasteiger partial charge in [0.2, 0.25) is 0 Å². The summed E-state index contributed by atoms with van der Waals surface area (Å²) in [5.74, 6) is 1.78. The van der Waals surface area contributed by atoms with E-state index in [9.17, 15) is 0 Å². The number of hydrogen-bond acceptors (Lipinski definition) is 2. The third kappa shape index (κ3) is 3.23. The van der Waals surface area contributed by atoms with Gasteiger partial charge in [0.25, 0.3) is 0 Å². The molecular formula is C34H25Br2NO. The predicted octanol–water partition coefficient (Wildman–Crippen LogP) is 10.4. The van der Waals surface area contributed by atoms with E-state index < -0.39 is 5.41 Å². The molecule has 0 unspecified atom stereocenters. The Kier molecular flexibility index (Phi) is 5.37. The van der Waals surface area contributed by atoms with Crippen LogP contribution in [0.5, 0.6) is 11.5 Å². The number of benzene rings is 5. The fraction of sp³-hybridized carbons (Fsp3) is 0.118. The number of ether oxygens (including phenoxy) is 1. The molecule has 186 valence electrons. The van der Waals surface area contributed by atoms with Crippen LogP contribution in [0.25, 0.3) is 0 Å². The highest BCUT2D eigenvalue weighted by Crippen LogP contribution is 2.63. The highest BCUT2D eigenvalue weighted by molar-refractivity contribution is 9.10. The van der Waals surface area contributed by atoms with Crippen molar-refractivity contribution in [3.63, 3.8) is 0 Å². The molecule has 0 aromatic heterocycles. The fourth-order valence-electron chi connectivity index (χ4n) is 6.62. The van der Waals surface area contributed by atoms with E-state index in [0.717, 1.165) is 31.6 Å². The Balaban J connectivity index is 1.69. The lowest BCUT2D eigenvalue weighted by Crippen LogP contribution is -2.40. The highest BCUT2D eigenvalue weighted by atomic mass is 79.9. The van der Waals surface area contributed by atoms with Gasteiger partial charge < -0.3 is 9.64 Å². The molecule has 0 N–H and O–H groups in total. The number of halogens is 2. The van der Waals surface area contributed by atoms with Crippen LogP contribution in [0.1, 0.15) is 38.9 Å². The first-order chi connectivity index (χ1) is 18.4. The van der Waals surface area contributed by atoms with Gasteiger partial charge in [0.05, 0.1) is 22.5 Å². The molecule has 0 saturated carbocycles. The number of para-hydroxylation sites is 2. The largest absolute Gasteiger partial charge is 0.457 e. The lowest BCUT2D eigenvalue weighted by atomic mass is 9.61. The topological polar surface area (TPSA) is 12.5 Å². The first-order valence-corrected chi connectivity index (χ1v) is 14.3. The van der Waals surface area contributed by atoms with Gasteiger partial charge in [0, 0.05) is 20.1 Å². The van der Waals surface area contributed by atoms with Crippen LogP contribution in [0.4, 0.5) is 17.1 Å². The van der Waals surface area contributed by atoms with E-state index in [1.807, 2.05) is 0 Å². The van der Waals surface area contributed by atoms with Crippen LogP contribution in [-0.2, 0) is 5.41 Å². The van der Waals surface area contributed by atoms with Crippen molar-refractivity contribution < 1.29 is 4.74 Å². The van der Waals surface area contributed by atoms with Crippen LogP contribution in [0.3, 0.4) is 0 Å². The summed E-state index contributed by atoms with van der Waals surface area (Å²) in [5, 5.41) is 0. The quantitative estimate of drug-likeness (QED) is 0.181. The molecule has 0 fully saturated rings. The van der Waals surface area contributed by atoms with Crippen LogP contribution in [-0.4, -0.2) is 0 Å². The molecule has 2 aliphatic heterocycles. The molecule has 0 amide bonds. The van der Waals surface area contributed by atoms with Gasteiger partial charge in [0.15, 0.2) is 0 Å². The molecule has 0 aliphatic carbocycles. The van der Waals surface area contributed by atoms with Gasteiger partial charge in [-0.15, -0.1) is 0 Å². The normalized spacial score (nSPS) is 14.3. The molecule has 0 radical (unpaired) electrons. The summed E-state index contributed by atoms with van der Waals surface area (Å²) in [6, 6.07) is 34.9. The first-order valence-electron chi connectivity index (χ1n) is 12.7. The minimum Gasteiger partial charge on any atom is -0.457 e. The second kappa shape index (κ2) is 8.59. The van der Waals surface area contributed by atoms with Gasteiger partial charge in [-0.3, -0.25) is 0 Å². The lowest BCUT2D eigenvalue weighted by Gasteiger charge is -2.49. The molecule has 2 aliphatic rings. The summed E-state index contributed by atoms with van der Waals surface area (Å²) in [5.41, 5.74) is 11.5. The molecule has 7 rings (SSSR count). The number of aryl methyl sites for hydroxylation is 3. The van der Waals surface area contributed by atoms with Crippen molar-refractivity contribution in [1.29, 1.82) is 0 Å². The van der Waals surface area contributed by atoms with E-state index >= 15 is 0 Å². The number of rotatable bonds is 1. The zero-order valence-electron chi connectivity index (χ0n) is 21.3. The molecule has 0 atom stereocenters. The summed E-state index contributed by atoms with van der Waals surface area (Å²) < 4.78 is 8.62. The van der Waals surface area contributed by atoms with Crippen LogP contribution in [0, 0.1) is 20.8 Å². The van der Waals surface area contributed by atoms with Crippen molar-refractivity contribution in [3.8, 4) is 11.5 Å². The van der Waals surface area contributed by atoms with Gasteiger partial charge in [0.1, 0.15) is 11.5 Å². The van der Waals surface area contributed by atoms with Gasteiger partial charge in [-0.05, 0) is 91.6 Å². The molecule has 2 nitrogen and oxygen atoms in total. The predicted molar refractivity (Wildman–Crippen MR) is 163 cm³/mol. The second-order valence-corrected chi connectivity index (χ2v) is 12.1. The Labute approximate surface area is 240 Å². The first kappa shape index (κ1) is 23.8. The maximum Gasteiger partial charge on any atom is 0.132 e. The summed E-state index contributed by atoms with van der Waals surface area (Å²) in [7, 11) is 0. The van der Waals surface area contributed by atoms with Crippen molar-refractivity contribution in [1.82, 2.24) is 0 Å². The highest BCUT2D eigenvalue weighted by Gasteiger charge is 2.51. The summed E-state index contributed by atoms with van der Waals surface area (Å²) in [4.78, 5) is 2.46. The zero-order valence-corrected chi connectivity index (χ0v) is 24.5. The van der Waals surface area contributed by atoms with Gasteiger partial charge in [-0.1, -0.05) is 86.0 Å². The van der Waals surface area contributed by atoms with E-state index in [-0.39, 0.29) is 0 Å². The number of nitrogens with zero attached hydrogens (tertiary/aromatic N) is 1. The van der Waals surface area contributed by atoms with Crippen molar-refractivity contribution in [2.24, 2.45) is 0 Å². The number of hydrogen-bond donors (Lipinski definition) is 0. The van der Waals surface area contributed by atoms with E-state index in [0.29, 0.717) is 0 Å². The average Bonchev–Trinajstić information content (AvgIpc) is 2.89. The van der Waals surface area contributed by atoms with Crippen molar-refractivity contribution in [2.75, 3.05) is 4.90 Å². The van der Waals surface area contributed by atoms with Gasteiger partial charge in [-0.25, -0.2) is 0 Å². The third-order valence-electron chi connectivity index (χ3n) is 7.87. The van der Waals surface area contributed by atoms with Crippen LogP contribution < -0.4 is 9.64 Å². The smallest absolute Gasteiger partial charge is 0.132 e. The van der Waals surface area contributed by atoms with Gasteiger partial charge in [-0.2, -0.15) is 0 Å². The number of anilines is 3. The van der Waals surface area contributed by atoms with E-state index in [1.165, 1.54) is 44.9 Å². The SMILES string of the molecule is Cc1cc(C)c(N2c3ccc(Br)cc3C3(c4ccccc4Oc4ccccc43)c3cc(Br)ccc32)c(C)c1. The van der Waals surface area contributed by atoms with E-state index in [1.54, 1.807) is 0 Å². The zero-order chi connectivity index (χ0) is 26.2. The molecule has 38 heavy (non-hydrogen) atoms. The Morgan fingerprint density at radius 1 is 0.579 bits per heavy atom. The standard InChI is InChI=1S/C34H25Br2NO/c1-20-16-21(2)33(22(3)17-20)37-29-14-12-23(35)18-27(29)34(28-19-24(36)13-15-30(28)37)25-8-4-6-10-31(25)38-32-11-7-5-9-26(32)34/h4-19H,1-3H3. The lowest BCUT2D eigenvalue weighted by molar-refractivity contribution is 0.434. The maximum atomic E-state index is 6.52. The number of fused-ring (bicyclic) bond motifs is 8. The molecule has 0 bridgehead atoms. The van der Waals surface area contributed by atoms with Crippen LogP contribution in [0.15, 0.2) is 106 Å². The third-order valence-corrected chi connectivity index (χ3v) is 8.85. The Bertz CT molecular complexity index is 1650. The molecule has 5 aromatic carbocycles. The molecular weight excluding hydrogens is 598 g/mol. The van der Waals surface area contributed by atoms with E-state index in [2.05, 4.69) is 155 Å². The van der Waals surface area contributed by atoms with Crippen molar-refractivity contribution in [3.05, 3.63) is 145 Å².